The summed E-state index contributed by atoms with van der Waals surface area (Å²) in [6, 6.07) is 5.49. The molecule has 0 saturated heterocycles. The number of anilines is 2. The Morgan fingerprint density at radius 3 is 2.52 bits per heavy atom. The lowest BCUT2D eigenvalue weighted by Crippen LogP contribution is -2.29. The number of nitrogens with zero attached hydrogens (tertiary/aromatic N) is 2. The van der Waals surface area contributed by atoms with Crippen molar-refractivity contribution in [3.05, 3.63) is 35.2 Å². The van der Waals surface area contributed by atoms with Gasteiger partial charge in [-0.25, -0.2) is 13.1 Å². The molecule has 0 bridgehead atoms. The summed E-state index contributed by atoms with van der Waals surface area (Å²) in [4.78, 5) is 12.9. The zero-order valence-electron chi connectivity index (χ0n) is 19.4. The van der Waals surface area contributed by atoms with E-state index in [4.69, 9.17) is 5.73 Å². The first kappa shape index (κ1) is 23.7. The topological polar surface area (TPSA) is 139 Å². The monoisotopic (exact) mass is 475 g/mol. The van der Waals surface area contributed by atoms with Gasteiger partial charge in [-0.3, -0.25) is 9.52 Å². The van der Waals surface area contributed by atoms with Gasteiger partial charge >= 0.3 is 0 Å². The van der Waals surface area contributed by atoms with E-state index in [9.17, 15) is 18.3 Å². The number of aromatic nitrogens is 2. The minimum Gasteiger partial charge on any atom is -0.393 e. The van der Waals surface area contributed by atoms with Crippen LogP contribution in [0.2, 0.25) is 0 Å². The number of carbonyl (C=O) groups is 1. The van der Waals surface area contributed by atoms with Crippen molar-refractivity contribution in [2.75, 3.05) is 16.3 Å². The van der Waals surface area contributed by atoms with Crippen molar-refractivity contribution >= 4 is 27.2 Å². The van der Waals surface area contributed by atoms with Gasteiger partial charge in [-0.05, 0) is 55.7 Å². The summed E-state index contributed by atoms with van der Waals surface area (Å²) in [6.45, 7) is 4.30. The van der Waals surface area contributed by atoms with Crippen LogP contribution in [0.5, 0.6) is 0 Å². The van der Waals surface area contributed by atoms with Gasteiger partial charge in [-0.1, -0.05) is 13.8 Å². The molecule has 5 N–H and O–H groups in total. The molecule has 0 radical (unpaired) electrons. The smallest absolute Gasteiger partial charge is 0.229 e. The fourth-order valence-electron chi connectivity index (χ4n) is 4.90. The molecule has 0 spiro atoms. The average Bonchev–Trinajstić information content (AvgIpc) is 3.07. The number of benzene rings is 1. The lowest BCUT2D eigenvalue weighted by atomic mass is 9.75. The van der Waals surface area contributed by atoms with Gasteiger partial charge in [0.2, 0.25) is 10.0 Å². The van der Waals surface area contributed by atoms with Gasteiger partial charge in [0.1, 0.15) is 0 Å². The quantitative estimate of drug-likeness (QED) is 0.503. The fraction of sp³-hybridized carbons (Fsp3) is 0.565. The number of hydrogen-bond acceptors (Lipinski definition) is 7. The van der Waals surface area contributed by atoms with Crippen LogP contribution in [0.15, 0.2) is 18.2 Å². The largest absolute Gasteiger partial charge is 0.393 e. The average molecular weight is 476 g/mol. The summed E-state index contributed by atoms with van der Waals surface area (Å²) in [7, 11) is -3.48. The highest BCUT2D eigenvalue weighted by molar-refractivity contribution is 7.92. The molecule has 0 unspecified atom stereocenters. The maximum Gasteiger partial charge on any atom is 0.229 e. The summed E-state index contributed by atoms with van der Waals surface area (Å²) < 4.78 is 28.2. The Balaban J connectivity index is 1.77. The van der Waals surface area contributed by atoms with Gasteiger partial charge in [0.25, 0.3) is 0 Å². The minimum absolute atomic E-state index is 0.0578. The highest BCUT2D eigenvalue weighted by Gasteiger charge is 2.36. The summed E-state index contributed by atoms with van der Waals surface area (Å²) >= 11 is 0. The molecule has 180 valence electrons. The number of sulfonamides is 1. The van der Waals surface area contributed by atoms with Crippen molar-refractivity contribution in [1.82, 2.24) is 9.78 Å². The molecule has 9 nitrogen and oxygen atoms in total. The molecule has 2 aliphatic carbocycles. The molecule has 2 aliphatic rings. The SMILES string of the molecule is CC1(C)CC(=O)c2c(CN)nn(-c3ccc(NS(C)(=O)=O)c(NC4CCC(O)CC4)c3)c2C1. The predicted octanol–water partition coefficient (Wildman–Crippen LogP) is 2.57. The summed E-state index contributed by atoms with van der Waals surface area (Å²) in [5, 5.41) is 18.0. The second-order valence-electron chi connectivity index (χ2n) is 10.1. The Bertz CT molecular complexity index is 1160. The van der Waals surface area contributed by atoms with Crippen LogP contribution in [-0.2, 0) is 23.0 Å². The van der Waals surface area contributed by atoms with E-state index in [1.807, 2.05) is 6.07 Å². The van der Waals surface area contributed by atoms with Crippen molar-refractivity contribution in [1.29, 1.82) is 0 Å². The fourth-order valence-corrected chi connectivity index (χ4v) is 5.47. The van der Waals surface area contributed by atoms with Gasteiger partial charge in [0.05, 0.1) is 46.4 Å². The van der Waals surface area contributed by atoms with E-state index in [0.717, 1.165) is 30.5 Å². The zero-order valence-corrected chi connectivity index (χ0v) is 20.2. The van der Waals surface area contributed by atoms with Crippen LogP contribution in [0.25, 0.3) is 5.69 Å². The zero-order chi connectivity index (χ0) is 24.0. The van der Waals surface area contributed by atoms with Crippen LogP contribution in [0, 0.1) is 5.41 Å². The number of hydrogen-bond donors (Lipinski definition) is 4. The molecule has 10 heteroatoms. The number of aliphatic hydroxyl groups excluding tert-OH is 1. The Morgan fingerprint density at radius 2 is 1.88 bits per heavy atom. The number of carbonyl (C=O) groups excluding carboxylic acids is 1. The number of nitrogens with one attached hydrogen (secondary N) is 2. The van der Waals surface area contributed by atoms with E-state index in [-0.39, 0.29) is 29.9 Å². The molecule has 1 saturated carbocycles. The first-order valence-electron chi connectivity index (χ1n) is 11.4. The van der Waals surface area contributed by atoms with Crippen molar-refractivity contribution in [3.8, 4) is 5.69 Å². The molecule has 1 heterocycles. The van der Waals surface area contributed by atoms with Crippen LogP contribution in [0.3, 0.4) is 0 Å². The Kier molecular flexibility index (Phi) is 6.28. The Labute approximate surface area is 194 Å². The molecular weight excluding hydrogens is 442 g/mol. The molecule has 1 aromatic heterocycles. The van der Waals surface area contributed by atoms with Crippen LogP contribution in [0.1, 0.15) is 67.7 Å². The lowest BCUT2D eigenvalue weighted by molar-refractivity contribution is 0.0910. The van der Waals surface area contributed by atoms with E-state index in [1.54, 1.807) is 16.8 Å². The molecule has 33 heavy (non-hydrogen) atoms. The maximum atomic E-state index is 12.9. The van der Waals surface area contributed by atoms with Crippen LogP contribution in [0.4, 0.5) is 11.4 Å². The first-order valence-corrected chi connectivity index (χ1v) is 13.3. The predicted molar refractivity (Wildman–Crippen MR) is 128 cm³/mol. The number of rotatable bonds is 6. The maximum absolute atomic E-state index is 12.9. The van der Waals surface area contributed by atoms with Crippen LogP contribution < -0.4 is 15.8 Å². The third kappa shape index (κ3) is 5.23. The van der Waals surface area contributed by atoms with E-state index in [0.29, 0.717) is 48.3 Å². The molecule has 0 aliphatic heterocycles. The molecule has 0 atom stereocenters. The van der Waals surface area contributed by atoms with Gasteiger partial charge in [-0.2, -0.15) is 5.10 Å². The Hall–Kier alpha value is -2.43. The van der Waals surface area contributed by atoms with Gasteiger partial charge in [0.15, 0.2) is 5.78 Å². The highest BCUT2D eigenvalue weighted by atomic mass is 32.2. The lowest BCUT2D eigenvalue weighted by Gasteiger charge is -2.30. The minimum atomic E-state index is -3.48. The van der Waals surface area contributed by atoms with Gasteiger partial charge in [-0.15, -0.1) is 0 Å². The summed E-state index contributed by atoms with van der Waals surface area (Å²) in [5.74, 6) is 0.0578. The second kappa shape index (κ2) is 8.73. The summed E-state index contributed by atoms with van der Waals surface area (Å²) in [5.41, 5.74) is 9.59. The molecule has 2 aromatic rings. The van der Waals surface area contributed by atoms with E-state index >= 15 is 0 Å². The number of ketones is 1. The standard InChI is InChI=1S/C23H33N5O4S/c1-23(2)11-20-22(21(30)12-23)19(13-24)26-28(20)15-6-9-17(27-33(3,31)32)18(10-15)25-14-4-7-16(29)8-5-14/h6,9-10,14,16,25,27,29H,4-5,7-8,11-13,24H2,1-3H3. The highest BCUT2D eigenvalue weighted by Crippen LogP contribution is 2.38. The summed E-state index contributed by atoms with van der Waals surface area (Å²) in [6.07, 6.45) is 4.97. The van der Waals surface area contributed by atoms with Crippen LogP contribution in [-0.4, -0.2) is 47.5 Å². The van der Waals surface area contributed by atoms with Gasteiger partial charge < -0.3 is 16.2 Å². The second-order valence-corrected chi connectivity index (χ2v) is 11.8. The normalized spacial score (nSPS) is 22.6. The molecule has 1 fully saturated rings. The number of aliphatic hydroxyl groups is 1. The number of Topliss-reactive ketones (excluding diaryl/α,β-unsaturated/α-hetero) is 1. The van der Waals surface area contributed by atoms with E-state index < -0.39 is 10.0 Å². The van der Waals surface area contributed by atoms with Crippen LogP contribution >= 0.6 is 0 Å². The number of nitrogens with two attached hydrogens (primary N) is 1. The third-order valence-electron chi connectivity index (χ3n) is 6.41. The molecule has 0 amide bonds. The molecule has 4 rings (SSSR count). The van der Waals surface area contributed by atoms with Gasteiger partial charge in [0, 0.05) is 19.0 Å². The molecule has 1 aromatic carbocycles. The van der Waals surface area contributed by atoms with Crippen molar-refractivity contribution in [2.45, 2.75) is 71.1 Å². The van der Waals surface area contributed by atoms with Crippen molar-refractivity contribution < 1.29 is 18.3 Å². The first-order chi connectivity index (χ1) is 15.5. The third-order valence-corrected chi connectivity index (χ3v) is 7.00. The molecular formula is C23H33N5O4S. The number of fused-ring (bicyclic) bond motifs is 1. The van der Waals surface area contributed by atoms with E-state index in [1.165, 1.54) is 0 Å². The Morgan fingerprint density at radius 1 is 1.18 bits per heavy atom. The van der Waals surface area contributed by atoms with Crippen molar-refractivity contribution in [2.24, 2.45) is 11.1 Å². The van der Waals surface area contributed by atoms with E-state index in [2.05, 4.69) is 29.0 Å². The van der Waals surface area contributed by atoms with Crippen molar-refractivity contribution in [3.63, 3.8) is 0 Å².